The quantitative estimate of drug-likeness (QED) is 0.0213. The Kier molecular flexibility index (Phi) is 25.7. The van der Waals surface area contributed by atoms with Crippen molar-refractivity contribution in [1.29, 1.82) is 0 Å². The molecule has 5 aromatic rings. The number of nitrogens with zero attached hydrogens (tertiary/aromatic N) is 2. The van der Waals surface area contributed by atoms with Gasteiger partial charge < -0.3 is 68.4 Å². The van der Waals surface area contributed by atoms with E-state index >= 15 is 4.39 Å². The van der Waals surface area contributed by atoms with Crippen molar-refractivity contribution in [3.63, 3.8) is 0 Å². The lowest BCUT2D eigenvalue weighted by molar-refractivity contribution is -0.140. The van der Waals surface area contributed by atoms with Crippen LogP contribution in [0.5, 0.6) is 11.5 Å². The molecule has 86 heavy (non-hydrogen) atoms. The minimum atomic E-state index is -1.27. The Morgan fingerprint density at radius 2 is 1.28 bits per heavy atom. The van der Waals surface area contributed by atoms with Gasteiger partial charge >= 0.3 is 5.97 Å². The molecule has 7 rings (SSSR count). The van der Waals surface area contributed by atoms with Crippen molar-refractivity contribution in [3.8, 4) is 33.9 Å². The molecule has 0 spiro atoms. The molecule has 1 saturated heterocycles. The van der Waals surface area contributed by atoms with Crippen LogP contribution in [-0.4, -0.2) is 183 Å². The average Bonchev–Trinajstić information content (AvgIpc) is 1.62. The molecule has 4 aromatic carbocycles. The highest BCUT2D eigenvalue weighted by Gasteiger charge is 2.46. The van der Waals surface area contributed by atoms with Crippen LogP contribution < -0.4 is 25.4 Å². The van der Waals surface area contributed by atoms with Crippen LogP contribution in [0.15, 0.2) is 97.1 Å². The van der Waals surface area contributed by atoms with Crippen LogP contribution in [-0.2, 0) is 54.1 Å². The molecule has 6 N–H and O–H groups in total. The smallest absolute Gasteiger partial charge is 0.305 e. The highest BCUT2D eigenvalue weighted by molar-refractivity contribution is 6.24. The van der Waals surface area contributed by atoms with Crippen LogP contribution in [0.3, 0.4) is 0 Å². The van der Waals surface area contributed by atoms with E-state index in [1.807, 2.05) is 66.9 Å². The van der Waals surface area contributed by atoms with E-state index < -0.39 is 72.6 Å². The second kappa shape index (κ2) is 33.7. The first-order valence-corrected chi connectivity index (χ1v) is 28.5. The fourth-order valence-electron chi connectivity index (χ4n) is 9.86. The molecular weight excluding hydrogens is 1120 g/mol. The molecule has 3 atom stereocenters. The van der Waals surface area contributed by atoms with E-state index in [9.17, 15) is 48.9 Å². The standard InChI is InChI=1S/C62H74FN5O18/c1-40(2)57-56(60(76)65-43-12-7-4-8-13-43)54(41-10-5-3-6-11-41)58(67(57)22-20-44(69)37-45(70)38-53(73)74)46-17-16-42(63)36-50(46)85-35-34-84-33-32-83-31-30-82-29-28-81-27-26-80-25-24-79-23-21-64-52(72)39-86-49-15-9-14-47-55(49)62(78)68(61(47)77)48-18-19-51(71)66-59(48)75/h3-17,36,40,44-45,48,69-70H,18-35,37-39H2,1-2H3,(H,64,72)(H,65,76)(H,73,74)(H,66,71,75)/t44-,45-,48?/m1/s1. The number of anilines is 1. The van der Waals surface area contributed by atoms with Crippen molar-refractivity contribution >= 4 is 47.1 Å². The van der Waals surface area contributed by atoms with Gasteiger partial charge in [-0.3, -0.25) is 43.8 Å². The Balaban J connectivity index is 0.768. The summed E-state index contributed by atoms with van der Waals surface area (Å²) in [6.07, 6.45) is -2.98. The predicted octanol–water partition coefficient (Wildman–Crippen LogP) is 5.39. The Hall–Kier alpha value is -7.94. The average molecular weight is 1200 g/mol. The zero-order valence-corrected chi connectivity index (χ0v) is 48.1. The Morgan fingerprint density at radius 1 is 0.674 bits per heavy atom. The maximum atomic E-state index is 15.2. The van der Waals surface area contributed by atoms with Gasteiger partial charge in [-0.15, -0.1) is 0 Å². The SMILES string of the molecule is CC(C)c1c(C(=O)Nc2ccccc2)c(-c2ccccc2)c(-c2ccc(F)cc2OCCOCCOCCOCCOCCOCCOCCNC(=O)COc2cccc3c2C(=O)N(C2CCC(=O)NC2=O)C3=O)n1CC[C@@H](O)C[C@@H](O)CC(=O)O. The van der Waals surface area contributed by atoms with E-state index in [1.54, 1.807) is 18.2 Å². The number of piperidine rings is 1. The largest absolute Gasteiger partial charge is 0.490 e. The molecule has 0 aliphatic carbocycles. The van der Waals surface area contributed by atoms with Gasteiger partial charge in [-0.05, 0) is 67.1 Å². The van der Waals surface area contributed by atoms with Crippen LogP contribution >= 0.6 is 0 Å². The van der Waals surface area contributed by atoms with E-state index in [0.29, 0.717) is 85.6 Å². The summed E-state index contributed by atoms with van der Waals surface area (Å²) in [5.74, 6) is -5.28. The summed E-state index contributed by atoms with van der Waals surface area (Å²) >= 11 is 0. The summed E-state index contributed by atoms with van der Waals surface area (Å²) in [6, 6.07) is 25.8. The van der Waals surface area contributed by atoms with Crippen molar-refractivity contribution in [3.05, 3.63) is 125 Å². The van der Waals surface area contributed by atoms with Crippen molar-refractivity contribution in [2.75, 3.05) is 104 Å². The van der Waals surface area contributed by atoms with Gasteiger partial charge in [-0.25, -0.2) is 4.39 Å². The summed E-state index contributed by atoms with van der Waals surface area (Å²) in [6.45, 7) is 7.23. The maximum Gasteiger partial charge on any atom is 0.305 e. The molecule has 23 nitrogen and oxygen atoms in total. The monoisotopic (exact) mass is 1200 g/mol. The van der Waals surface area contributed by atoms with E-state index in [4.69, 9.17) is 37.9 Å². The Labute approximate surface area is 496 Å². The molecule has 1 aromatic heterocycles. The van der Waals surface area contributed by atoms with Gasteiger partial charge in [0.2, 0.25) is 11.8 Å². The number of amides is 6. The van der Waals surface area contributed by atoms with Crippen LogP contribution in [0.1, 0.15) is 88.6 Å². The summed E-state index contributed by atoms with van der Waals surface area (Å²) in [4.78, 5) is 89.4. The molecule has 462 valence electrons. The maximum absolute atomic E-state index is 15.2. The number of fused-ring (bicyclic) bond motifs is 1. The highest BCUT2D eigenvalue weighted by atomic mass is 19.1. The zero-order valence-electron chi connectivity index (χ0n) is 48.1. The number of benzene rings is 4. The first kappa shape index (κ1) is 65.6. The molecule has 2 aliphatic rings. The molecule has 6 amide bonds. The van der Waals surface area contributed by atoms with Gasteiger partial charge in [-0.2, -0.15) is 0 Å². The number of carbonyl (C=O) groups excluding carboxylic acids is 6. The molecular formula is C62H74FN5O18. The summed E-state index contributed by atoms with van der Waals surface area (Å²) in [7, 11) is 0. The Bertz CT molecular complexity index is 3090. The van der Waals surface area contributed by atoms with Crippen molar-refractivity contribution in [1.82, 2.24) is 20.1 Å². The molecule has 3 heterocycles. The highest BCUT2D eigenvalue weighted by Crippen LogP contribution is 2.46. The number of carbonyl (C=O) groups is 7. The topological polar surface area (TPSA) is 298 Å². The van der Waals surface area contributed by atoms with Crippen molar-refractivity contribution in [2.45, 2.75) is 76.7 Å². The third kappa shape index (κ3) is 18.8. The number of rotatable bonds is 38. The zero-order chi connectivity index (χ0) is 61.4. The van der Waals surface area contributed by atoms with Gasteiger partial charge in [0.25, 0.3) is 23.6 Å². The number of para-hydroxylation sites is 1. The van der Waals surface area contributed by atoms with Crippen molar-refractivity contribution < 1.29 is 91.2 Å². The predicted molar refractivity (Wildman–Crippen MR) is 309 cm³/mol. The molecule has 2 aliphatic heterocycles. The molecule has 0 saturated carbocycles. The van der Waals surface area contributed by atoms with E-state index in [0.717, 1.165) is 4.90 Å². The number of ether oxygens (including phenoxy) is 8. The summed E-state index contributed by atoms with van der Waals surface area (Å²) in [5, 5.41) is 38.5. The Morgan fingerprint density at radius 3 is 1.88 bits per heavy atom. The summed E-state index contributed by atoms with van der Waals surface area (Å²) in [5.41, 5.74) is 3.85. The molecule has 0 bridgehead atoms. The van der Waals surface area contributed by atoms with Crippen molar-refractivity contribution in [2.24, 2.45) is 0 Å². The van der Waals surface area contributed by atoms with Crippen LogP contribution in [0, 0.1) is 5.82 Å². The number of carboxylic acid groups (broad SMARTS) is 1. The van der Waals surface area contributed by atoms with Gasteiger partial charge in [-0.1, -0.05) is 68.4 Å². The first-order valence-electron chi connectivity index (χ1n) is 28.5. The fourth-order valence-corrected chi connectivity index (χ4v) is 9.86. The fraction of sp³-hybridized carbons (Fsp3) is 0.435. The lowest BCUT2D eigenvalue weighted by atomic mass is 9.94. The number of hydrogen-bond acceptors (Lipinski definition) is 17. The summed E-state index contributed by atoms with van der Waals surface area (Å²) < 4.78 is 62.5. The number of carboxylic acids is 1. The second-order valence-corrected chi connectivity index (χ2v) is 20.3. The molecule has 24 heteroatoms. The second-order valence-electron chi connectivity index (χ2n) is 20.3. The van der Waals surface area contributed by atoms with E-state index in [-0.39, 0.29) is 113 Å². The normalized spacial score (nSPS) is 14.7. The van der Waals surface area contributed by atoms with Crippen LogP contribution in [0.2, 0.25) is 0 Å². The molecule has 1 fully saturated rings. The van der Waals surface area contributed by atoms with Crippen LogP contribution in [0.25, 0.3) is 22.4 Å². The minimum Gasteiger partial charge on any atom is -0.490 e. The lowest BCUT2D eigenvalue weighted by Crippen LogP contribution is -2.54. The molecule has 0 radical (unpaired) electrons. The van der Waals surface area contributed by atoms with Gasteiger partial charge in [0.15, 0.2) is 6.61 Å². The third-order valence-electron chi connectivity index (χ3n) is 13.7. The molecule has 1 unspecified atom stereocenters. The van der Waals surface area contributed by atoms with E-state index in [2.05, 4.69) is 16.0 Å². The van der Waals surface area contributed by atoms with Crippen LogP contribution in [0.4, 0.5) is 10.1 Å². The number of aliphatic carboxylic acids is 1. The first-order chi connectivity index (χ1) is 41.6. The number of aromatic nitrogens is 1. The number of hydrogen-bond donors (Lipinski definition) is 6. The number of nitrogens with one attached hydrogen (secondary N) is 3. The number of aliphatic hydroxyl groups excluding tert-OH is 2. The van der Waals surface area contributed by atoms with Gasteiger partial charge in [0, 0.05) is 48.1 Å². The lowest BCUT2D eigenvalue weighted by Gasteiger charge is -2.27. The number of imide groups is 2. The van der Waals surface area contributed by atoms with Gasteiger partial charge in [0.05, 0.1) is 120 Å². The number of aliphatic hydroxyl groups is 2. The van der Waals surface area contributed by atoms with E-state index in [1.165, 1.54) is 30.3 Å². The third-order valence-corrected chi connectivity index (χ3v) is 13.7. The number of halogens is 1. The minimum absolute atomic E-state index is 0.0105. The van der Waals surface area contributed by atoms with Gasteiger partial charge in [0.1, 0.15) is 30.0 Å².